The van der Waals surface area contributed by atoms with E-state index in [1.54, 1.807) is 0 Å². The second kappa shape index (κ2) is 4.12. The summed E-state index contributed by atoms with van der Waals surface area (Å²) in [5.74, 6) is -1.01. The number of esters is 2. The van der Waals surface area contributed by atoms with E-state index in [4.69, 9.17) is 9.47 Å². The van der Waals surface area contributed by atoms with Gasteiger partial charge in [0.2, 0.25) is 0 Å². The molecule has 3 rings (SSSR count). The summed E-state index contributed by atoms with van der Waals surface area (Å²) >= 11 is 0. The summed E-state index contributed by atoms with van der Waals surface area (Å²) in [6, 6.07) is -0.172. The molecule has 0 saturated heterocycles. The molecular formula is C14H13NO4. The van der Waals surface area contributed by atoms with Crippen LogP contribution in [0.1, 0.15) is 0 Å². The van der Waals surface area contributed by atoms with E-state index >= 15 is 0 Å². The van der Waals surface area contributed by atoms with Crippen molar-refractivity contribution in [2.75, 3.05) is 14.2 Å². The summed E-state index contributed by atoms with van der Waals surface area (Å²) in [6.07, 6.45) is 9.63. The van der Waals surface area contributed by atoms with Crippen molar-refractivity contribution in [2.24, 2.45) is 0 Å². The monoisotopic (exact) mass is 259 g/mol. The van der Waals surface area contributed by atoms with Crippen LogP contribution in [0.2, 0.25) is 0 Å². The number of allylic oxidation sites excluding steroid dienone is 2. The number of hydrogen-bond acceptors (Lipinski definition) is 5. The van der Waals surface area contributed by atoms with Crippen LogP contribution in [0.5, 0.6) is 0 Å². The Morgan fingerprint density at radius 1 is 1.11 bits per heavy atom. The van der Waals surface area contributed by atoms with Crippen LogP contribution >= 0.6 is 0 Å². The first-order chi connectivity index (χ1) is 9.19. The Labute approximate surface area is 110 Å². The summed E-state index contributed by atoms with van der Waals surface area (Å²) < 4.78 is 9.60. The minimum atomic E-state index is -0.511. The predicted molar refractivity (Wildman–Crippen MR) is 66.8 cm³/mol. The highest BCUT2D eigenvalue weighted by molar-refractivity contribution is 6.06. The zero-order valence-corrected chi connectivity index (χ0v) is 10.6. The van der Waals surface area contributed by atoms with Crippen LogP contribution in [0.15, 0.2) is 47.2 Å². The highest BCUT2D eigenvalue weighted by atomic mass is 16.5. The van der Waals surface area contributed by atoms with Crippen LogP contribution in [0.3, 0.4) is 0 Å². The van der Waals surface area contributed by atoms with Gasteiger partial charge in [0.1, 0.15) is 0 Å². The van der Waals surface area contributed by atoms with Crippen molar-refractivity contribution >= 4 is 11.9 Å². The maximum absolute atomic E-state index is 12.0. The molecule has 0 amide bonds. The lowest BCUT2D eigenvalue weighted by Crippen LogP contribution is -2.34. The lowest BCUT2D eigenvalue weighted by molar-refractivity contribution is -0.139. The quantitative estimate of drug-likeness (QED) is 0.540. The van der Waals surface area contributed by atoms with Gasteiger partial charge in [-0.1, -0.05) is 24.3 Å². The molecule has 5 heteroatoms. The molecule has 3 heterocycles. The first-order valence-electron chi connectivity index (χ1n) is 5.95. The normalized spacial score (nSPS) is 26.4. The molecule has 19 heavy (non-hydrogen) atoms. The third-order valence-corrected chi connectivity index (χ3v) is 3.57. The average Bonchev–Trinajstić information content (AvgIpc) is 3.00. The highest BCUT2D eigenvalue weighted by Crippen LogP contribution is 2.42. The lowest BCUT2D eigenvalue weighted by atomic mass is 10.0. The molecule has 0 spiro atoms. The predicted octanol–water partition coefficient (Wildman–Crippen LogP) is 0.705. The van der Waals surface area contributed by atoms with Gasteiger partial charge in [-0.05, 0) is 6.08 Å². The number of ether oxygens (including phenoxy) is 2. The van der Waals surface area contributed by atoms with E-state index in [0.29, 0.717) is 11.1 Å². The molecule has 0 fully saturated rings. The average molecular weight is 259 g/mol. The number of nitrogens with zero attached hydrogens (tertiary/aromatic N) is 1. The summed E-state index contributed by atoms with van der Waals surface area (Å²) in [4.78, 5) is 26.0. The molecule has 98 valence electrons. The van der Waals surface area contributed by atoms with Crippen molar-refractivity contribution in [3.63, 3.8) is 0 Å². The Balaban J connectivity index is 2.19. The van der Waals surface area contributed by atoms with Crippen molar-refractivity contribution in [3.05, 3.63) is 47.2 Å². The third-order valence-electron chi connectivity index (χ3n) is 3.57. The summed E-state index contributed by atoms with van der Waals surface area (Å²) in [5, 5.41) is 0. The molecule has 0 aromatic heterocycles. The Morgan fingerprint density at radius 2 is 1.84 bits per heavy atom. The Kier molecular flexibility index (Phi) is 2.55. The molecule has 0 aromatic rings. The van der Waals surface area contributed by atoms with Gasteiger partial charge in [-0.2, -0.15) is 0 Å². The molecule has 3 aliphatic rings. The van der Waals surface area contributed by atoms with Crippen LogP contribution < -0.4 is 0 Å². The standard InChI is InChI=1S/C14H13NO4/c1-18-13(16)11-9-5-3-4-8-6-7-10(15(8)9)12(11)14(17)19-2/h3-8,10H,1-2H3. The van der Waals surface area contributed by atoms with Crippen LogP contribution in [0, 0.1) is 0 Å². The Morgan fingerprint density at radius 3 is 2.53 bits per heavy atom. The van der Waals surface area contributed by atoms with Gasteiger partial charge >= 0.3 is 11.9 Å². The molecule has 0 aromatic carbocycles. The molecule has 0 radical (unpaired) electrons. The smallest absolute Gasteiger partial charge is 0.340 e. The van der Waals surface area contributed by atoms with Gasteiger partial charge in [0.15, 0.2) is 0 Å². The number of rotatable bonds is 2. The Bertz CT molecular complexity index is 582. The zero-order valence-electron chi connectivity index (χ0n) is 10.6. The van der Waals surface area contributed by atoms with E-state index in [0.717, 1.165) is 5.70 Å². The fraction of sp³-hybridized carbons (Fsp3) is 0.286. The maximum atomic E-state index is 12.0. The SMILES string of the molecule is COC(=O)C1=C(C(=O)OC)C2C=CC3C=CC=C1N32. The van der Waals surface area contributed by atoms with E-state index in [9.17, 15) is 9.59 Å². The van der Waals surface area contributed by atoms with Crippen molar-refractivity contribution in [1.29, 1.82) is 0 Å². The van der Waals surface area contributed by atoms with Gasteiger partial charge in [-0.25, -0.2) is 9.59 Å². The van der Waals surface area contributed by atoms with Gasteiger partial charge < -0.3 is 14.4 Å². The fourth-order valence-electron chi connectivity index (χ4n) is 2.79. The third kappa shape index (κ3) is 1.47. The van der Waals surface area contributed by atoms with Crippen LogP contribution in [-0.4, -0.2) is 43.1 Å². The van der Waals surface area contributed by atoms with E-state index < -0.39 is 11.9 Å². The first kappa shape index (κ1) is 11.8. The zero-order chi connectivity index (χ0) is 13.6. The van der Waals surface area contributed by atoms with Crippen LogP contribution in [0.4, 0.5) is 0 Å². The molecular weight excluding hydrogens is 246 g/mol. The molecule has 0 saturated carbocycles. The largest absolute Gasteiger partial charge is 0.466 e. The first-order valence-corrected chi connectivity index (χ1v) is 5.95. The van der Waals surface area contributed by atoms with Crippen molar-refractivity contribution in [2.45, 2.75) is 12.1 Å². The van der Waals surface area contributed by atoms with Gasteiger partial charge in [0.05, 0.1) is 43.1 Å². The molecule has 2 unspecified atom stereocenters. The Hall–Kier alpha value is -2.30. The number of carbonyl (C=O) groups is 2. The van der Waals surface area contributed by atoms with E-state index in [1.165, 1.54) is 14.2 Å². The van der Waals surface area contributed by atoms with Gasteiger partial charge in [0.25, 0.3) is 0 Å². The second-order valence-electron chi connectivity index (χ2n) is 4.44. The van der Waals surface area contributed by atoms with Gasteiger partial charge in [0, 0.05) is 0 Å². The summed E-state index contributed by atoms with van der Waals surface area (Å²) in [6.45, 7) is 0. The van der Waals surface area contributed by atoms with Crippen LogP contribution in [0.25, 0.3) is 0 Å². The topological polar surface area (TPSA) is 55.8 Å². The fourth-order valence-corrected chi connectivity index (χ4v) is 2.79. The number of methoxy groups -OCH3 is 2. The summed E-state index contributed by atoms with van der Waals surface area (Å²) in [5.41, 5.74) is 1.37. The van der Waals surface area contributed by atoms with E-state index in [1.807, 2.05) is 35.3 Å². The van der Waals surface area contributed by atoms with Crippen molar-refractivity contribution in [1.82, 2.24) is 4.90 Å². The van der Waals surface area contributed by atoms with Crippen molar-refractivity contribution in [3.8, 4) is 0 Å². The van der Waals surface area contributed by atoms with Gasteiger partial charge in [-0.15, -0.1) is 0 Å². The highest BCUT2D eigenvalue weighted by Gasteiger charge is 2.46. The molecule has 0 N–H and O–H groups in total. The van der Waals surface area contributed by atoms with E-state index in [2.05, 4.69) is 0 Å². The summed E-state index contributed by atoms with van der Waals surface area (Å²) in [7, 11) is 2.62. The van der Waals surface area contributed by atoms with Crippen LogP contribution in [-0.2, 0) is 19.1 Å². The molecule has 0 bridgehead atoms. The number of carbonyl (C=O) groups excluding carboxylic acids is 2. The number of hydrogen-bond donors (Lipinski definition) is 0. The van der Waals surface area contributed by atoms with Gasteiger partial charge in [-0.3, -0.25) is 0 Å². The second-order valence-corrected chi connectivity index (χ2v) is 4.44. The minimum Gasteiger partial charge on any atom is -0.466 e. The molecule has 5 nitrogen and oxygen atoms in total. The van der Waals surface area contributed by atoms with E-state index in [-0.39, 0.29) is 12.1 Å². The molecule has 0 aliphatic carbocycles. The molecule has 2 atom stereocenters. The van der Waals surface area contributed by atoms with Crippen molar-refractivity contribution < 1.29 is 19.1 Å². The molecule has 3 aliphatic heterocycles. The maximum Gasteiger partial charge on any atom is 0.340 e. The lowest BCUT2D eigenvalue weighted by Gasteiger charge is -2.29. The minimum absolute atomic E-state index is 0.0758.